The summed E-state index contributed by atoms with van der Waals surface area (Å²) < 4.78 is 0. The molecule has 10 nitrogen and oxygen atoms in total. The Morgan fingerprint density at radius 3 is 1.17 bits per heavy atom. The molecule has 0 saturated heterocycles. The molecule has 0 radical (unpaired) electrons. The van der Waals surface area contributed by atoms with Crippen molar-refractivity contribution in [3.8, 4) is 23.0 Å². The smallest absolute Gasteiger partial charge is 0.545 e. The van der Waals surface area contributed by atoms with Crippen LogP contribution in [0.15, 0.2) is 82.8 Å². The van der Waals surface area contributed by atoms with E-state index in [1.165, 1.54) is 44.2 Å². The Kier molecular flexibility index (Phi) is 28.1. The number of carbonyl (C=O) groups is 2. The zero-order valence-electron chi connectivity index (χ0n) is 38.3. The van der Waals surface area contributed by atoms with Gasteiger partial charge in [0.2, 0.25) is 0 Å². The van der Waals surface area contributed by atoms with Crippen molar-refractivity contribution in [2.75, 3.05) is 0 Å². The summed E-state index contributed by atoms with van der Waals surface area (Å²) >= 11 is 0. The van der Waals surface area contributed by atoms with E-state index in [2.05, 4.69) is 52.0 Å². The fraction of sp³-hybridized carbons (Fsp3) is 0.462. The molecule has 63 heavy (non-hydrogen) atoms. The molecule has 11 heteroatoms. The minimum Gasteiger partial charge on any atom is -0.545 e. The quantitative estimate of drug-likeness (QED) is 0.0245. The van der Waals surface area contributed by atoms with Gasteiger partial charge < -0.3 is 40.2 Å². The van der Waals surface area contributed by atoms with Gasteiger partial charge in [0.05, 0.1) is 34.7 Å². The molecule has 0 unspecified atom stereocenters. The summed E-state index contributed by atoms with van der Waals surface area (Å²) in [4.78, 5) is 32.1. The van der Waals surface area contributed by atoms with Gasteiger partial charge in [0.25, 0.3) is 0 Å². The van der Waals surface area contributed by atoms with Crippen molar-refractivity contribution >= 4 is 34.7 Å². The number of aromatic hydroxyl groups is 4. The Labute approximate surface area is 386 Å². The zero-order valence-corrected chi connectivity index (χ0v) is 39.3. The molecule has 0 heterocycles. The molecule has 0 atom stereocenters. The number of phenols is 4. The van der Waals surface area contributed by atoms with Crippen molar-refractivity contribution in [1.82, 2.24) is 0 Å². The van der Waals surface area contributed by atoms with Crippen molar-refractivity contribution in [1.29, 1.82) is 0 Å². The molecule has 4 aromatic carbocycles. The van der Waals surface area contributed by atoms with Crippen LogP contribution in [0.4, 0.5) is 11.4 Å². The second-order valence-electron chi connectivity index (χ2n) is 15.4. The average molecular weight is 910 g/mol. The average Bonchev–Trinajstić information content (AvgIpc) is 3.26. The molecule has 0 saturated carbocycles. The van der Waals surface area contributed by atoms with Crippen molar-refractivity contribution in [2.45, 2.75) is 157 Å². The van der Waals surface area contributed by atoms with Gasteiger partial charge >= 0.3 is 16.5 Å². The van der Waals surface area contributed by atoms with Gasteiger partial charge in [0, 0.05) is 11.1 Å². The topological polar surface area (TPSA) is 186 Å². The van der Waals surface area contributed by atoms with Gasteiger partial charge in [-0.05, 0) is 123 Å². The summed E-state index contributed by atoms with van der Waals surface area (Å²) in [6, 6.07) is 23.5. The number of benzene rings is 4. The normalized spacial score (nSPS) is 11.1. The predicted molar refractivity (Wildman–Crippen MR) is 249 cm³/mol. The summed E-state index contributed by atoms with van der Waals surface area (Å²) in [6.45, 7) is 12.3. The Hall–Kier alpha value is -5.15. The molecule has 4 aromatic rings. The first-order valence-corrected chi connectivity index (χ1v) is 22.7. The van der Waals surface area contributed by atoms with E-state index in [4.69, 9.17) is 9.98 Å². The van der Waals surface area contributed by atoms with Crippen LogP contribution in [0.3, 0.4) is 0 Å². The van der Waals surface area contributed by atoms with E-state index in [1.54, 1.807) is 0 Å². The third-order valence-electron chi connectivity index (χ3n) is 10.6. The number of phenolic OH excluding ortho intramolecular Hbond substituents is 2. The van der Waals surface area contributed by atoms with Crippen LogP contribution in [0.2, 0.25) is 0 Å². The fourth-order valence-electron chi connectivity index (χ4n) is 7.24. The number of aryl methyl sites for hydroxylation is 2. The summed E-state index contributed by atoms with van der Waals surface area (Å²) in [6.07, 6.45) is 17.8. The van der Waals surface area contributed by atoms with E-state index in [-0.39, 0.29) is 27.6 Å². The Morgan fingerprint density at radius 1 is 0.492 bits per heavy atom. The van der Waals surface area contributed by atoms with E-state index in [9.17, 15) is 40.2 Å². The molecule has 0 amide bonds. The largest absolute Gasteiger partial charge is 2.00 e. The van der Waals surface area contributed by atoms with Gasteiger partial charge in [0.1, 0.15) is 0 Å². The van der Waals surface area contributed by atoms with Gasteiger partial charge in [-0.25, -0.2) is 0 Å². The SMILES string of the molecule is CCCCCCC(=Nc1ccccc1)C(CCCC)=Nc1ccccc1.CCCCCc1cc(O)c(O)c(C(=O)[O-])c1CC.CCCCCc1cc(O)c(O)c(C(=O)[O-])c1CC.[Ni+2]. The number of hydrogen-bond donors (Lipinski definition) is 4. The van der Waals surface area contributed by atoms with Gasteiger partial charge in [-0.3, -0.25) is 9.98 Å². The third-order valence-corrected chi connectivity index (χ3v) is 10.6. The number of aliphatic imine (C=N–C) groups is 2. The van der Waals surface area contributed by atoms with E-state index in [0.29, 0.717) is 36.8 Å². The third kappa shape index (κ3) is 19.0. The number of carboxylic acids is 2. The van der Waals surface area contributed by atoms with Gasteiger partial charge in [0.15, 0.2) is 23.0 Å². The second kappa shape index (κ2) is 31.7. The van der Waals surface area contributed by atoms with Gasteiger partial charge in [-0.2, -0.15) is 0 Å². The van der Waals surface area contributed by atoms with Crippen LogP contribution in [-0.4, -0.2) is 43.8 Å². The molecule has 346 valence electrons. The molecule has 4 rings (SSSR count). The number of rotatable bonds is 23. The standard InChI is InChI=1S/C24H32N2.2C14H20O4.Ni/c1-3-5-7-14-20-24(26-22-17-12-9-13-18-22)23(19-6-4-2)25-21-15-10-8-11-16-21;2*1-3-5-6-7-9-8-11(15)13(16)12(14(17)18)10(9)4-2;/h8-13,15-18H,3-7,14,19-20H2,1-2H3;2*8,15-16H,3-7H2,1-2H3,(H,17,18);/q;;;+2/p-2. The maximum absolute atomic E-state index is 11.1. The number of carboxylic acid groups (broad SMARTS) is 2. The van der Waals surface area contributed by atoms with Crippen molar-refractivity contribution in [3.05, 3.63) is 106 Å². The van der Waals surface area contributed by atoms with Crippen molar-refractivity contribution < 1.29 is 56.7 Å². The number of unbranched alkanes of at least 4 members (excludes halogenated alkanes) is 8. The first kappa shape index (κ1) is 55.9. The van der Waals surface area contributed by atoms with Crippen molar-refractivity contribution in [3.63, 3.8) is 0 Å². The van der Waals surface area contributed by atoms with Crippen LogP contribution in [0.1, 0.15) is 174 Å². The predicted octanol–water partition coefficient (Wildman–Crippen LogP) is 11.2. The first-order valence-electron chi connectivity index (χ1n) is 22.7. The summed E-state index contributed by atoms with van der Waals surface area (Å²) in [5.74, 6) is -4.86. The molecule has 0 bridgehead atoms. The van der Waals surface area contributed by atoms with E-state index in [0.717, 1.165) is 91.7 Å². The van der Waals surface area contributed by atoms with Crippen LogP contribution < -0.4 is 10.2 Å². The van der Waals surface area contributed by atoms with Crippen LogP contribution >= 0.6 is 0 Å². The molecule has 0 aliphatic carbocycles. The van der Waals surface area contributed by atoms with Gasteiger partial charge in [-0.1, -0.05) is 129 Å². The zero-order chi connectivity index (χ0) is 45.9. The monoisotopic (exact) mass is 908 g/mol. The maximum atomic E-state index is 11.1. The van der Waals surface area contributed by atoms with Crippen LogP contribution in [0.5, 0.6) is 23.0 Å². The van der Waals surface area contributed by atoms with E-state index >= 15 is 0 Å². The molecule has 0 fully saturated rings. The molecular formula is C52H70N2NiO8. The molecule has 4 N–H and O–H groups in total. The van der Waals surface area contributed by atoms with Crippen LogP contribution in [-0.2, 0) is 42.2 Å². The summed E-state index contributed by atoms with van der Waals surface area (Å²) in [5.41, 5.74) is 6.47. The fourth-order valence-corrected chi connectivity index (χ4v) is 7.24. The summed E-state index contributed by atoms with van der Waals surface area (Å²) in [7, 11) is 0. The molecule has 0 aromatic heterocycles. The minimum absolute atomic E-state index is 0. The Balaban J connectivity index is 0.000000482. The van der Waals surface area contributed by atoms with E-state index in [1.807, 2.05) is 50.2 Å². The number of nitrogens with zero attached hydrogens (tertiary/aromatic N) is 2. The molecule has 0 aliphatic heterocycles. The Bertz CT molecular complexity index is 1930. The van der Waals surface area contributed by atoms with Crippen LogP contribution in [0.25, 0.3) is 0 Å². The molecule has 0 aliphatic rings. The van der Waals surface area contributed by atoms with Crippen molar-refractivity contribution in [2.24, 2.45) is 9.98 Å². The molecule has 0 spiro atoms. The Morgan fingerprint density at radius 2 is 0.841 bits per heavy atom. The maximum Gasteiger partial charge on any atom is 2.00 e. The molecular weight excluding hydrogens is 839 g/mol. The number of hydrogen-bond acceptors (Lipinski definition) is 10. The van der Waals surface area contributed by atoms with Crippen LogP contribution in [0, 0.1) is 0 Å². The second-order valence-corrected chi connectivity index (χ2v) is 15.4. The first-order chi connectivity index (χ1) is 29.9. The minimum atomic E-state index is -1.45. The van der Waals surface area contributed by atoms with Gasteiger partial charge in [-0.15, -0.1) is 0 Å². The number of para-hydroxylation sites is 2. The number of aromatic carboxylic acids is 2. The number of carbonyl (C=O) groups excluding carboxylic acids is 2. The summed E-state index contributed by atoms with van der Waals surface area (Å²) in [5, 5.41) is 60.4. The van der Waals surface area contributed by atoms with E-state index < -0.39 is 34.9 Å².